The number of benzene rings is 1. The average molecular weight is 277 g/mol. The van der Waals surface area contributed by atoms with Crippen LogP contribution in [0.4, 0.5) is 0 Å². The molecule has 5 heteroatoms. The number of aromatic hydroxyl groups is 1. The van der Waals surface area contributed by atoms with Gasteiger partial charge in [-0.25, -0.2) is 0 Å². The first-order valence-corrected chi connectivity index (χ1v) is 6.51. The van der Waals surface area contributed by atoms with Crippen molar-refractivity contribution < 1.29 is 19.8 Å². The number of para-hydroxylation sites is 1. The number of carboxylic acids is 1. The summed E-state index contributed by atoms with van der Waals surface area (Å²) in [6.45, 7) is 3.86. The van der Waals surface area contributed by atoms with Crippen LogP contribution in [0.5, 0.6) is 5.75 Å². The molecule has 0 heterocycles. The number of carbonyl (C=O) groups is 2. The molecule has 0 unspecified atom stereocenters. The van der Waals surface area contributed by atoms with Crippen LogP contribution in [0.25, 0.3) is 0 Å². The monoisotopic (exact) mass is 277 g/mol. The third-order valence-corrected chi connectivity index (χ3v) is 4.13. The molecule has 0 saturated heterocycles. The maximum absolute atomic E-state index is 12.3. The molecule has 2 rings (SSSR count). The van der Waals surface area contributed by atoms with Crippen molar-refractivity contribution in [2.75, 3.05) is 7.05 Å². The van der Waals surface area contributed by atoms with Gasteiger partial charge in [-0.3, -0.25) is 9.59 Å². The molecule has 2 N–H and O–H groups in total. The number of phenolic OH excluding ortho intramolecular Hbond substituents is 1. The quantitative estimate of drug-likeness (QED) is 0.878. The number of phenols is 1. The minimum absolute atomic E-state index is 0.136. The van der Waals surface area contributed by atoms with E-state index < -0.39 is 23.2 Å². The minimum Gasteiger partial charge on any atom is -0.508 e. The Bertz CT molecular complexity index is 553. The summed E-state index contributed by atoms with van der Waals surface area (Å²) in [5.41, 5.74) is 0.143. The summed E-state index contributed by atoms with van der Waals surface area (Å²) in [5, 5.41) is 18.8. The van der Waals surface area contributed by atoms with E-state index in [1.54, 1.807) is 45.2 Å². The Balaban J connectivity index is 2.08. The zero-order valence-corrected chi connectivity index (χ0v) is 11.8. The van der Waals surface area contributed by atoms with E-state index in [2.05, 4.69) is 0 Å². The number of rotatable bonds is 4. The second-order valence-electron chi connectivity index (χ2n) is 5.94. The Hall–Kier alpha value is -2.04. The molecule has 0 bridgehead atoms. The van der Waals surface area contributed by atoms with Crippen LogP contribution in [-0.4, -0.2) is 34.0 Å². The Morgan fingerprint density at radius 3 is 2.35 bits per heavy atom. The van der Waals surface area contributed by atoms with Crippen molar-refractivity contribution in [3.8, 4) is 5.75 Å². The fraction of sp³-hybridized carbons (Fsp3) is 0.467. The molecule has 1 saturated carbocycles. The molecule has 0 radical (unpaired) electrons. The van der Waals surface area contributed by atoms with Gasteiger partial charge in [0.15, 0.2) is 0 Å². The highest BCUT2D eigenvalue weighted by atomic mass is 16.4. The number of nitrogens with zero attached hydrogens (tertiary/aromatic N) is 1. The molecule has 0 aliphatic heterocycles. The first-order chi connectivity index (χ1) is 9.26. The Morgan fingerprint density at radius 1 is 1.25 bits per heavy atom. The maximum Gasteiger partial charge on any atom is 0.307 e. The van der Waals surface area contributed by atoms with Crippen molar-refractivity contribution in [3.05, 3.63) is 29.8 Å². The normalized spacial score (nSPS) is 23.1. The smallest absolute Gasteiger partial charge is 0.307 e. The molecule has 20 heavy (non-hydrogen) atoms. The van der Waals surface area contributed by atoms with Crippen LogP contribution in [0.15, 0.2) is 24.3 Å². The molecule has 1 aliphatic carbocycles. The van der Waals surface area contributed by atoms with E-state index in [0.29, 0.717) is 5.56 Å². The fourth-order valence-corrected chi connectivity index (χ4v) is 2.77. The van der Waals surface area contributed by atoms with Gasteiger partial charge in [0.1, 0.15) is 5.75 Å². The number of hydrogen-bond donors (Lipinski definition) is 2. The molecular weight excluding hydrogens is 258 g/mol. The molecule has 0 aromatic heterocycles. The van der Waals surface area contributed by atoms with Crippen molar-refractivity contribution >= 4 is 11.9 Å². The summed E-state index contributed by atoms with van der Waals surface area (Å²) in [5.74, 6) is -2.09. The Kier molecular flexibility index (Phi) is 3.46. The highest BCUT2D eigenvalue weighted by Gasteiger charge is 2.66. The number of carboxylic acid groups (broad SMARTS) is 1. The second kappa shape index (κ2) is 4.81. The van der Waals surface area contributed by atoms with Gasteiger partial charge in [0, 0.05) is 19.2 Å². The topological polar surface area (TPSA) is 77.8 Å². The van der Waals surface area contributed by atoms with E-state index in [1.165, 1.54) is 4.90 Å². The van der Waals surface area contributed by atoms with Gasteiger partial charge in [-0.2, -0.15) is 0 Å². The van der Waals surface area contributed by atoms with Crippen LogP contribution >= 0.6 is 0 Å². The lowest BCUT2D eigenvalue weighted by atomic mass is 10.1. The molecule has 1 aromatic carbocycles. The lowest BCUT2D eigenvalue weighted by Gasteiger charge is -2.18. The second-order valence-corrected chi connectivity index (χ2v) is 5.94. The largest absolute Gasteiger partial charge is 0.508 e. The van der Waals surface area contributed by atoms with E-state index in [1.807, 2.05) is 0 Å². The minimum atomic E-state index is -0.927. The summed E-state index contributed by atoms with van der Waals surface area (Å²) in [6.07, 6.45) is 0. The third kappa shape index (κ3) is 2.35. The van der Waals surface area contributed by atoms with Crippen molar-refractivity contribution in [1.82, 2.24) is 4.90 Å². The first-order valence-electron chi connectivity index (χ1n) is 6.51. The van der Waals surface area contributed by atoms with E-state index in [9.17, 15) is 14.7 Å². The molecule has 1 amide bonds. The van der Waals surface area contributed by atoms with Crippen molar-refractivity contribution in [2.45, 2.75) is 20.4 Å². The Morgan fingerprint density at radius 2 is 1.85 bits per heavy atom. The number of hydrogen-bond acceptors (Lipinski definition) is 3. The zero-order valence-electron chi connectivity index (χ0n) is 11.8. The predicted octanol–water partition coefficient (Wildman–Crippen LogP) is 1.71. The molecule has 1 aliphatic rings. The highest BCUT2D eigenvalue weighted by molar-refractivity contribution is 5.91. The first kappa shape index (κ1) is 14.4. The van der Waals surface area contributed by atoms with E-state index in [-0.39, 0.29) is 18.2 Å². The van der Waals surface area contributed by atoms with Gasteiger partial charge in [-0.15, -0.1) is 0 Å². The van der Waals surface area contributed by atoms with Crippen LogP contribution in [0, 0.1) is 17.3 Å². The molecular formula is C15H19NO4. The SMILES string of the molecule is CN(Cc1ccccc1O)C(=O)[C@H]1[C@@H](C(=O)O)C1(C)C. The van der Waals surface area contributed by atoms with Gasteiger partial charge in [0.05, 0.1) is 11.8 Å². The van der Waals surface area contributed by atoms with Crippen LogP contribution in [0.2, 0.25) is 0 Å². The van der Waals surface area contributed by atoms with Gasteiger partial charge in [0.25, 0.3) is 0 Å². The third-order valence-electron chi connectivity index (χ3n) is 4.13. The van der Waals surface area contributed by atoms with E-state index in [0.717, 1.165) is 0 Å². The summed E-state index contributed by atoms with van der Waals surface area (Å²) < 4.78 is 0. The van der Waals surface area contributed by atoms with Crippen LogP contribution < -0.4 is 0 Å². The van der Waals surface area contributed by atoms with Gasteiger partial charge in [-0.1, -0.05) is 32.0 Å². The fourth-order valence-electron chi connectivity index (χ4n) is 2.77. The van der Waals surface area contributed by atoms with Crippen molar-refractivity contribution in [3.63, 3.8) is 0 Å². The van der Waals surface area contributed by atoms with E-state index >= 15 is 0 Å². The van der Waals surface area contributed by atoms with E-state index in [4.69, 9.17) is 5.11 Å². The molecule has 2 atom stereocenters. The van der Waals surface area contributed by atoms with Gasteiger partial charge < -0.3 is 15.1 Å². The summed E-state index contributed by atoms with van der Waals surface area (Å²) in [6, 6.07) is 6.81. The number of amides is 1. The van der Waals surface area contributed by atoms with Crippen LogP contribution in [0.1, 0.15) is 19.4 Å². The lowest BCUT2D eigenvalue weighted by molar-refractivity contribution is -0.141. The molecule has 1 fully saturated rings. The van der Waals surface area contributed by atoms with Gasteiger partial charge in [0.2, 0.25) is 5.91 Å². The summed E-state index contributed by atoms with van der Waals surface area (Å²) in [7, 11) is 1.63. The number of aliphatic carboxylic acids is 1. The van der Waals surface area contributed by atoms with Crippen LogP contribution in [0.3, 0.4) is 0 Å². The molecule has 0 spiro atoms. The standard InChI is InChI=1S/C15H19NO4/c1-15(2)11(12(15)14(19)20)13(18)16(3)8-9-6-4-5-7-10(9)17/h4-7,11-12,17H,8H2,1-3H3,(H,19,20)/t11-,12+/m1/s1. The average Bonchev–Trinajstić information content (AvgIpc) is 2.94. The number of carbonyl (C=O) groups excluding carboxylic acids is 1. The van der Waals surface area contributed by atoms with Crippen molar-refractivity contribution in [2.24, 2.45) is 17.3 Å². The zero-order chi connectivity index (χ0) is 15.1. The lowest BCUT2D eigenvalue weighted by Crippen LogP contribution is -2.29. The van der Waals surface area contributed by atoms with Crippen LogP contribution in [-0.2, 0) is 16.1 Å². The molecule has 5 nitrogen and oxygen atoms in total. The summed E-state index contributed by atoms with van der Waals surface area (Å²) >= 11 is 0. The van der Waals surface area contributed by atoms with Crippen molar-refractivity contribution in [1.29, 1.82) is 0 Å². The highest BCUT2D eigenvalue weighted by Crippen LogP contribution is 2.59. The Labute approximate surface area is 117 Å². The molecule has 108 valence electrons. The van der Waals surface area contributed by atoms with Gasteiger partial charge in [-0.05, 0) is 11.5 Å². The maximum atomic E-state index is 12.3. The molecule has 1 aromatic rings. The summed E-state index contributed by atoms with van der Waals surface area (Å²) in [4.78, 5) is 24.9. The predicted molar refractivity (Wildman–Crippen MR) is 73.0 cm³/mol. The van der Waals surface area contributed by atoms with Gasteiger partial charge >= 0.3 is 5.97 Å².